The van der Waals surface area contributed by atoms with Crippen LogP contribution in [0, 0.1) is 11.3 Å². The van der Waals surface area contributed by atoms with Crippen LogP contribution in [-0.2, 0) is 4.74 Å². The van der Waals surface area contributed by atoms with Crippen molar-refractivity contribution >= 4 is 5.97 Å². The summed E-state index contributed by atoms with van der Waals surface area (Å²) in [6.45, 7) is 0. The SMILES string of the molecule is COC(=O)c1cc(-c2ccccc2)ncc1C#N. The summed E-state index contributed by atoms with van der Waals surface area (Å²) in [7, 11) is 1.28. The van der Waals surface area contributed by atoms with Gasteiger partial charge in [-0.1, -0.05) is 30.3 Å². The smallest absolute Gasteiger partial charge is 0.339 e. The number of esters is 1. The minimum atomic E-state index is -0.536. The highest BCUT2D eigenvalue weighted by Gasteiger charge is 2.13. The Balaban J connectivity index is 2.54. The van der Waals surface area contributed by atoms with Crippen molar-refractivity contribution in [1.82, 2.24) is 4.98 Å². The molecule has 0 aliphatic carbocycles. The molecule has 0 amide bonds. The zero-order valence-electron chi connectivity index (χ0n) is 9.75. The standard InChI is InChI=1S/C14H10N2O2/c1-18-14(17)12-7-13(16-9-11(12)8-15)10-5-3-2-4-6-10/h2-7,9H,1H3. The average Bonchev–Trinajstić information content (AvgIpc) is 2.46. The third kappa shape index (κ3) is 2.20. The summed E-state index contributed by atoms with van der Waals surface area (Å²) in [4.78, 5) is 15.7. The summed E-state index contributed by atoms with van der Waals surface area (Å²) >= 11 is 0. The Hall–Kier alpha value is -2.67. The minimum absolute atomic E-state index is 0.210. The molecule has 0 aliphatic heterocycles. The van der Waals surface area contributed by atoms with Crippen molar-refractivity contribution in [2.24, 2.45) is 0 Å². The van der Waals surface area contributed by atoms with Crippen molar-refractivity contribution in [2.75, 3.05) is 7.11 Å². The van der Waals surface area contributed by atoms with Gasteiger partial charge in [-0.25, -0.2) is 4.79 Å². The fourth-order valence-electron chi connectivity index (χ4n) is 1.59. The van der Waals surface area contributed by atoms with Crippen LogP contribution in [-0.4, -0.2) is 18.1 Å². The number of hydrogen-bond acceptors (Lipinski definition) is 4. The van der Waals surface area contributed by atoms with Crippen LogP contribution in [0.4, 0.5) is 0 Å². The van der Waals surface area contributed by atoms with Crippen LogP contribution >= 0.6 is 0 Å². The quantitative estimate of drug-likeness (QED) is 0.753. The van der Waals surface area contributed by atoms with Gasteiger partial charge in [0.25, 0.3) is 0 Å². The molecule has 1 aromatic heterocycles. The van der Waals surface area contributed by atoms with Gasteiger partial charge >= 0.3 is 5.97 Å². The Morgan fingerprint density at radius 2 is 2.06 bits per heavy atom. The minimum Gasteiger partial charge on any atom is -0.465 e. The molecule has 0 bridgehead atoms. The highest BCUT2D eigenvalue weighted by atomic mass is 16.5. The number of nitrogens with zero attached hydrogens (tertiary/aromatic N) is 2. The molecule has 1 heterocycles. The molecule has 2 rings (SSSR count). The van der Waals surface area contributed by atoms with Crippen LogP contribution in [0.25, 0.3) is 11.3 Å². The van der Waals surface area contributed by atoms with Gasteiger partial charge in [0, 0.05) is 11.8 Å². The van der Waals surface area contributed by atoms with E-state index in [2.05, 4.69) is 9.72 Å². The Bertz CT molecular complexity index is 615. The van der Waals surface area contributed by atoms with Gasteiger partial charge in [0.05, 0.1) is 23.9 Å². The van der Waals surface area contributed by atoms with Crippen LogP contribution in [0.15, 0.2) is 42.6 Å². The molecule has 4 nitrogen and oxygen atoms in total. The second-order valence-corrected chi connectivity index (χ2v) is 3.58. The number of ether oxygens (including phenoxy) is 1. The molecular weight excluding hydrogens is 228 g/mol. The second kappa shape index (κ2) is 5.11. The number of rotatable bonds is 2. The summed E-state index contributed by atoms with van der Waals surface area (Å²) in [5.41, 5.74) is 1.96. The summed E-state index contributed by atoms with van der Waals surface area (Å²) in [6.07, 6.45) is 1.38. The topological polar surface area (TPSA) is 63.0 Å². The maximum absolute atomic E-state index is 11.6. The van der Waals surface area contributed by atoms with Gasteiger partial charge in [-0.15, -0.1) is 0 Å². The Kier molecular flexibility index (Phi) is 3.35. The maximum atomic E-state index is 11.6. The van der Waals surface area contributed by atoms with E-state index in [-0.39, 0.29) is 11.1 Å². The van der Waals surface area contributed by atoms with Crippen molar-refractivity contribution in [3.05, 3.63) is 53.7 Å². The number of carbonyl (C=O) groups is 1. The van der Waals surface area contributed by atoms with Crippen LogP contribution < -0.4 is 0 Å². The molecule has 2 aromatic rings. The fourth-order valence-corrected chi connectivity index (χ4v) is 1.59. The molecule has 0 spiro atoms. The number of pyridine rings is 1. The van der Waals surface area contributed by atoms with Gasteiger partial charge in [-0.3, -0.25) is 4.98 Å². The molecule has 0 saturated heterocycles. The van der Waals surface area contributed by atoms with Crippen LogP contribution in [0.3, 0.4) is 0 Å². The monoisotopic (exact) mass is 238 g/mol. The largest absolute Gasteiger partial charge is 0.465 e. The second-order valence-electron chi connectivity index (χ2n) is 3.58. The molecule has 18 heavy (non-hydrogen) atoms. The first kappa shape index (κ1) is 11.8. The molecule has 0 saturated carbocycles. The van der Waals surface area contributed by atoms with E-state index in [4.69, 9.17) is 5.26 Å². The molecular formula is C14H10N2O2. The van der Waals surface area contributed by atoms with Crippen molar-refractivity contribution in [2.45, 2.75) is 0 Å². The third-order valence-corrected chi connectivity index (χ3v) is 2.50. The Morgan fingerprint density at radius 3 is 2.67 bits per heavy atom. The lowest BCUT2D eigenvalue weighted by Gasteiger charge is -2.05. The van der Waals surface area contributed by atoms with Crippen molar-refractivity contribution in [3.63, 3.8) is 0 Å². The molecule has 4 heteroatoms. The number of carbonyl (C=O) groups excluding carboxylic acids is 1. The highest BCUT2D eigenvalue weighted by molar-refractivity contribution is 5.93. The normalized spacial score (nSPS) is 9.56. The van der Waals surface area contributed by atoms with E-state index in [0.717, 1.165) is 5.56 Å². The lowest BCUT2D eigenvalue weighted by Crippen LogP contribution is -2.05. The summed E-state index contributed by atoms with van der Waals surface area (Å²) in [5, 5.41) is 8.93. The number of hydrogen-bond donors (Lipinski definition) is 0. The summed E-state index contributed by atoms with van der Waals surface area (Å²) in [5.74, 6) is -0.536. The van der Waals surface area contributed by atoms with Crippen molar-refractivity contribution < 1.29 is 9.53 Å². The predicted octanol–water partition coefficient (Wildman–Crippen LogP) is 2.41. The van der Waals surface area contributed by atoms with E-state index in [9.17, 15) is 4.79 Å². The molecule has 0 unspecified atom stereocenters. The lowest BCUT2D eigenvalue weighted by atomic mass is 10.1. The first-order valence-electron chi connectivity index (χ1n) is 5.30. The van der Waals surface area contributed by atoms with Gasteiger partial charge in [0.1, 0.15) is 6.07 Å². The fraction of sp³-hybridized carbons (Fsp3) is 0.0714. The van der Waals surface area contributed by atoms with Crippen molar-refractivity contribution in [3.8, 4) is 17.3 Å². The van der Waals surface area contributed by atoms with Gasteiger partial charge in [0.15, 0.2) is 0 Å². The van der Waals surface area contributed by atoms with E-state index < -0.39 is 5.97 Å². The Labute approximate surface area is 104 Å². The van der Waals surface area contributed by atoms with Crippen LogP contribution in [0.5, 0.6) is 0 Å². The van der Waals surface area contributed by atoms with E-state index in [0.29, 0.717) is 5.69 Å². The summed E-state index contributed by atoms with van der Waals surface area (Å²) < 4.78 is 4.65. The van der Waals surface area contributed by atoms with E-state index >= 15 is 0 Å². The number of methoxy groups -OCH3 is 1. The molecule has 1 aromatic carbocycles. The van der Waals surface area contributed by atoms with Crippen LogP contribution in [0.1, 0.15) is 15.9 Å². The molecule has 0 aliphatic rings. The zero-order chi connectivity index (χ0) is 13.0. The molecule has 0 N–H and O–H groups in total. The number of aromatic nitrogens is 1. The first-order valence-corrected chi connectivity index (χ1v) is 5.30. The lowest BCUT2D eigenvalue weighted by molar-refractivity contribution is 0.0600. The zero-order valence-corrected chi connectivity index (χ0v) is 9.75. The van der Waals surface area contributed by atoms with E-state index in [1.54, 1.807) is 6.07 Å². The van der Waals surface area contributed by atoms with Crippen molar-refractivity contribution in [1.29, 1.82) is 5.26 Å². The van der Waals surface area contributed by atoms with Gasteiger partial charge in [-0.2, -0.15) is 5.26 Å². The Morgan fingerprint density at radius 1 is 1.33 bits per heavy atom. The molecule has 0 atom stereocenters. The van der Waals surface area contributed by atoms with Crippen LogP contribution in [0.2, 0.25) is 0 Å². The third-order valence-electron chi connectivity index (χ3n) is 2.50. The molecule has 0 fully saturated rings. The number of benzene rings is 1. The average molecular weight is 238 g/mol. The predicted molar refractivity (Wildman–Crippen MR) is 65.7 cm³/mol. The van der Waals surface area contributed by atoms with Gasteiger partial charge in [0.2, 0.25) is 0 Å². The van der Waals surface area contributed by atoms with Gasteiger partial charge in [-0.05, 0) is 6.07 Å². The summed E-state index contributed by atoms with van der Waals surface area (Å²) in [6, 6.07) is 12.9. The van der Waals surface area contributed by atoms with E-state index in [1.807, 2.05) is 36.4 Å². The first-order chi connectivity index (χ1) is 8.76. The maximum Gasteiger partial charge on any atom is 0.339 e. The highest BCUT2D eigenvalue weighted by Crippen LogP contribution is 2.19. The van der Waals surface area contributed by atoms with Gasteiger partial charge < -0.3 is 4.74 Å². The van der Waals surface area contributed by atoms with E-state index in [1.165, 1.54) is 13.3 Å². The number of nitriles is 1. The molecule has 0 radical (unpaired) electrons. The molecule has 88 valence electrons.